The normalized spacial score (nSPS) is 11.6. The smallest absolute Gasteiger partial charge is 0.268 e. The summed E-state index contributed by atoms with van der Waals surface area (Å²) < 4.78 is 69.5. The molecule has 9 nitrogen and oxygen atoms in total. The molecule has 0 unspecified atom stereocenters. The predicted molar refractivity (Wildman–Crippen MR) is 125 cm³/mol. The van der Waals surface area contributed by atoms with Gasteiger partial charge in [-0.1, -0.05) is 6.07 Å². The third-order valence-electron chi connectivity index (χ3n) is 4.76. The van der Waals surface area contributed by atoms with E-state index in [1.165, 1.54) is 55.6 Å². The van der Waals surface area contributed by atoms with Gasteiger partial charge in [-0.15, -0.1) is 0 Å². The van der Waals surface area contributed by atoms with Gasteiger partial charge in [0, 0.05) is 5.69 Å². The maximum absolute atomic E-state index is 13.6. The van der Waals surface area contributed by atoms with Crippen LogP contribution in [0.1, 0.15) is 5.56 Å². The molecule has 0 aliphatic heterocycles. The molecule has 3 aromatic rings. The van der Waals surface area contributed by atoms with E-state index < -0.39 is 38.3 Å². The minimum atomic E-state index is -4.32. The molecule has 34 heavy (non-hydrogen) atoms. The monoisotopic (exact) mass is 507 g/mol. The van der Waals surface area contributed by atoms with Gasteiger partial charge in [-0.05, 0) is 73.2 Å². The minimum Gasteiger partial charge on any atom is -0.495 e. The highest BCUT2D eigenvalue weighted by atomic mass is 32.2. The number of halogens is 1. The van der Waals surface area contributed by atoms with Crippen molar-refractivity contribution >= 4 is 37.3 Å². The standard InChI is InChI=1S/C22H22FN3O6S2/c1-15-3-12-20(32-2)21(13-15)34(30,31)26(18-8-4-16(23)5-9-18)14-22(27)25-17-6-10-19(11-7-17)33(24,28)29/h3-13H,14H2,1-2H3,(H,25,27)(H2,24,28,29). The fourth-order valence-electron chi connectivity index (χ4n) is 3.09. The second-order valence-corrected chi connectivity index (χ2v) is 10.7. The van der Waals surface area contributed by atoms with E-state index in [1.54, 1.807) is 13.0 Å². The van der Waals surface area contributed by atoms with Crippen molar-refractivity contribution in [3.8, 4) is 5.75 Å². The topological polar surface area (TPSA) is 136 Å². The van der Waals surface area contributed by atoms with Gasteiger partial charge in [-0.3, -0.25) is 9.10 Å². The molecule has 0 spiro atoms. The number of amides is 1. The predicted octanol–water partition coefficient (Wildman–Crippen LogP) is 2.62. The molecule has 0 fully saturated rings. The van der Waals surface area contributed by atoms with Gasteiger partial charge in [0.15, 0.2) is 0 Å². The number of rotatable bonds is 8. The number of hydrogen-bond acceptors (Lipinski definition) is 6. The first-order valence-electron chi connectivity index (χ1n) is 9.77. The summed E-state index contributed by atoms with van der Waals surface area (Å²) in [5, 5.41) is 7.57. The van der Waals surface area contributed by atoms with Crippen molar-refractivity contribution in [3.63, 3.8) is 0 Å². The Kier molecular flexibility index (Phi) is 7.24. The zero-order valence-electron chi connectivity index (χ0n) is 18.2. The molecule has 0 aliphatic rings. The maximum atomic E-state index is 13.6. The molecule has 12 heteroatoms. The lowest BCUT2D eigenvalue weighted by Gasteiger charge is -2.25. The van der Waals surface area contributed by atoms with Crippen LogP contribution in [0.5, 0.6) is 5.75 Å². The molecule has 0 aliphatic carbocycles. The van der Waals surface area contributed by atoms with Gasteiger partial charge in [-0.25, -0.2) is 26.4 Å². The van der Waals surface area contributed by atoms with Gasteiger partial charge in [0.05, 0.1) is 17.7 Å². The van der Waals surface area contributed by atoms with E-state index in [-0.39, 0.29) is 26.9 Å². The Morgan fingerprint density at radius 3 is 2.18 bits per heavy atom. The first-order valence-corrected chi connectivity index (χ1v) is 12.8. The summed E-state index contributed by atoms with van der Waals surface area (Å²) in [6.07, 6.45) is 0. The summed E-state index contributed by atoms with van der Waals surface area (Å²) in [5.41, 5.74) is 0.935. The van der Waals surface area contributed by atoms with Crippen LogP contribution in [0.2, 0.25) is 0 Å². The van der Waals surface area contributed by atoms with Gasteiger partial charge in [0.1, 0.15) is 23.0 Å². The van der Waals surface area contributed by atoms with Crippen LogP contribution in [0.4, 0.5) is 15.8 Å². The number of methoxy groups -OCH3 is 1. The fourth-order valence-corrected chi connectivity index (χ4v) is 5.27. The number of carbonyl (C=O) groups is 1. The highest BCUT2D eigenvalue weighted by Gasteiger charge is 2.30. The van der Waals surface area contributed by atoms with E-state index >= 15 is 0 Å². The summed E-state index contributed by atoms with van der Waals surface area (Å²) in [6, 6.07) is 14.3. The van der Waals surface area contributed by atoms with Crippen LogP contribution in [0.25, 0.3) is 0 Å². The van der Waals surface area contributed by atoms with E-state index in [9.17, 15) is 26.0 Å². The lowest BCUT2D eigenvalue weighted by Crippen LogP contribution is -2.38. The van der Waals surface area contributed by atoms with E-state index in [1.807, 2.05) is 0 Å². The Balaban J connectivity index is 1.96. The molecule has 0 atom stereocenters. The number of nitrogens with one attached hydrogen (secondary N) is 1. The van der Waals surface area contributed by atoms with Gasteiger partial charge in [0.2, 0.25) is 15.9 Å². The van der Waals surface area contributed by atoms with Crippen molar-refractivity contribution in [2.24, 2.45) is 5.14 Å². The van der Waals surface area contributed by atoms with Crippen molar-refractivity contribution in [2.45, 2.75) is 16.7 Å². The lowest BCUT2D eigenvalue weighted by atomic mass is 10.2. The first kappa shape index (κ1) is 25.1. The molecule has 3 N–H and O–H groups in total. The fraction of sp³-hybridized carbons (Fsp3) is 0.136. The number of nitrogens with zero attached hydrogens (tertiary/aromatic N) is 1. The van der Waals surface area contributed by atoms with Gasteiger partial charge in [-0.2, -0.15) is 0 Å². The average molecular weight is 508 g/mol. The molecule has 180 valence electrons. The first-order chi connectivity index (χ1) is 15.9. The van der Waals surface area contributed by atoms with E-state index in [0.29, 0.717) is 5.56 Å². The van der Waals surface area contributed by atoms with Crippen molar-refractivity contribution in [1.29, 1.82) is 0 Å². The molecule has 0 radical (unpaired) electrons. The quantitative estimate of drug-likeness (QED) is 0.481. The van der Waals surface area contributed by atoms with Crippen molar-refractivity contribution in [1.82, 2.24) is 0 Å². The van der Waals surface area contributed by atoms with E-state index in [4.69, 9.17) is 9.88 Å². The average Bonchev–Trinajstić information content (AvgIpc) is 2.78. The molecular formula is C22H22FN3O6S2. The van der Waals surface area contributed by atoms with Crippen LogP contribution in [-0.4, -0.2) is 36.4 Å². The Morgan fingerprint density at radius 1 is 1.00 bits per heavy atom. The van der Waals surface area contributed by atoms with E-state index in [2.05, 4.69) is 5.32 Å². The number of carbonyl (C=O) groups excluding carboxylic acids is 1. The third kappa shape index (κ3) is 5.71. The molecule has 1 amide bonds. The number of ether oxygens (including phenoxy) is 1. The molecule has 0 aromatic heterocycles. The van der Waals surface area contributed by atoms with Gasteiger partial charge < -0.3 is 10.1 Å². The van der Waals surface area contributed by atoms with Crippen LogP contribution >= 0.6 is 0 Å². The number of benzene rings is 3. The number of primary sulfonamides is 1. The number of anilines is 2. The summed E-state index contributed by atoms with van der Waals surface area (Å²) in [7, 11) is -6.90. The summed E-state index contributed by atoms with van der Waals surface area (Å²) in [6.45, 7) is 1.06. The van der Waals surface area contributed by atoms with E-state index in [0.717, 1.165) is 16.4 Å². The van der Waals surface area contributed by atoms with Gasteiger partial charge >= 0.3 is 0 Å². The molecule has 0 saturated heterocycles. The zero-order valence-corrected chi connectivity index (χ0v) is 19.9. The van der Waals surface area contributed by atoms with Crippen molar-refractivity contribution in [2.75, 3.05) is 23.3 Å². The largest absolute Gasteiger partial charge is 0.495 e. The van der Waals surface area contributed by atoms with Crippen LogP contribution in [0, 0.1) is 12.7 Å². The van der Waals surface area contributed by atoms with Crippen molar-refractivity contribution in [3.05, 3.63) is 78.1 Å². The second-order valence-electron chi connectivity index (χ2n) is 7.26. The molecule has 0 saturated carbocycles. The van der Waals surface area contributed by atoms with Crippen LogP contribution in [-0.2, 0) is 24.8 Å². The molecular weight excluding hydrogens is 485 g/mol. The minimum absolute atomic E-state index is 0.0599. The SMILES string of the molecule is COc1ccc(C)cc1S(=O)(=O)N(CC(=O)Nc1ccc(S(N)(=O)=O)cc1)c1ccc(F)cc1. The molecule has 3 rings (SSSR count). The maximum Gasteiger partial charge on any atom is 0.268 e. The summed E-state index contributed by atoms with van der Waals surface area (Å²) in [4.78, 5) is 12.5. The van der Waals surface area contributed by atoms with Crippen LogP contribution in [0.15, 0.2) is 76.5 Å². The Labute approximate surface area is 197 Å². The van der Waals surface area contributed by atoms with Gasteiger partial charge in [0.25, 0.3) is 10.0 Å². The molecule has 3 aromatic carbocycles. The Hall–Kier alpha value is -3.48. The third-order valence-corrected chi connectivity index (χ3v) is 7.48. The number of sulfonamides is 2. The Bertz CT molecular complexity index is 1410. The highest BCUT2D eigenvalue weighted by molar-refractivity contribution is 7.93. The lowest BCUT2D eigenvalue weighted by molar-refractivity contribution is -0.114. The molecule has 0 heterocycles. The summed E-state index contributed by atoms with van der Waals surface area (Å²) in [5.74, 6) is -1.21. The highest BCUT2D eigenvalue weighted by Crippen LogP contribution is 2.31. The molecule has 0 bridgehead atoms. The number of nitrogens with two attached hydrogens (primary N) is 1. The summed E-state index contributed by atoms with van der Waals surface area (Å²) >= 11 is 0. The van der Waals surface area contributed by atoms with Crippen molar-refractivity contribution < 1.29 is 30.8 Å². The van der Waals surface area contributed by atoms with Crippen LogP contribution in [0.3, 0.4) is 0 Å². The zero-order chi connectivity index (χ0) is 25.1. The number of aryl methyl sites for hydroxylation is 1. The van der Waals surface area contributed by atoms with Crippen LogP contribution < -0.4 is 19.5 Å². The Morgan fingerprint density at radius 2 is 1.62 bits per heavy atom. The second kappa shape index (κ2) is 9.79. The number of hydrogen-bond donors (Lipinski definition) is 2.